The Bertz CT molecular complexity index is 1210. The lowest BCUT2D eigenvalue weighted by Crippen LogP contribution is -2.19. The number of fused-ring (bicyclic) bond motifs is 2. The highest BCUT2D eigenvalue weighted by Crippen LogP contribution is 2.29. The van der Waals surface area contributed by atoms with E-state index in [9.17, 15) is 0 Å². The van der Waals surface area contributed by atoms with Gasteiger partial charge in [0.25, 0.3) is 0 Å². The Morgan fingerprint density at radius 2 is 1.71 bits per heavy atom. The maximum atomic E-state index is 5.99. The van der Waals surface area contributed by atoms with E-state index >= 15 is 0 Å². The minimum absolute atomic E-state index is 0.105. The lowest BCUT2D eigenvalue weighted by molar-refractivity contribution is 0.666. The predicted octanol–water partition coefficient (Wildman–Crippen LogP) is 4.50. The smallest absolute Gasteiger partial charge is 0.224 e. The summed E-state index contributed by atoms with van der Waals surface area (Å²) in [6.45, 7) is 2.85. The van der Waals surface area contributed by atoms with Crippen LogP contribution in [0.4, 0.5) is 17.5 Å². The zero-order chi connectivity index (χ0) is 21.8. The fourth-order valence-corrected chi connectivity index (χ4v) is 3.96. The molecule has 0 radical (unpaired) electrons. The first-order chi connectivity index (χ1) is 15.0. The highest BCUT2D eigenvalue weighted by Gasteiger charge is 2.13. The van der Waals surface area contributed by atoms with Gasteiger partial charge < -0.3 is 16.4 Å². The lowest BCUT2D eigenvalue weighted by atomic mass is 9.99. The maximum absolute atomic E-state index is 5.99. The molecule has 0 aliphatic heterocycles. The Morgan fingerprint density at radius 3 is 2.48 bits per heavy atom. The van der Waals surface area contributed by atoms with Crippen LogP contribution in [0.2, 0.25) is 0 Å². The SMILES string of the molecule is CCCCCCc1cc2ccccc2cc1N(C)Cc1cnc2nc(N)nc(N)c2n1. The summed E-state index contributed by atoms with van der Waals surface area (Å²) in [5, 5.41) is 2.51. The van der Waals surface area contributed by atoms with E-state index in [4.69, 9.17) is 11.5 Å². The molecule has 2 aromatic heterocycles. The number of hydrogen-bond donors (Lipinski definition) is 2. The van der Waals surface area contributed by atoms with Crippen LogP contribution in [0.1, 0.15) is 43.9 Å². The molecule has 0 saturated heterocycles. The van der Waals surface area contributed by atoms with Crippen molar-refractivity contribution in [3.05, 3.63) is 53.9 Å². The molecule has 7 nitrogen and oxygen atoms in total. The molecular weight excluding hydrogens is 386 g/mol. The molecular formula is C24H29N7. The second-order valence-electron chi connectivity index (χ2n) is 8.00. The van der Waals surface area contributed by atoms with Crippen molar-refractivity contribution in [1.82, 2.24) is 19.9 Å². The van der Waals surface area contributed by atoms with Crippen LogP contribution in [0.25, 0.3) is 21.9 Å². The van der Waals surface area contributed by atoms with E-state index in [0.717, 1.165) is 12.1 Å². The second-order valence-corrected chi connectivity index (χ2v) is 8.00. The van der Waals surface area contributed by atoms with E-state index in [1.807, 2.05) is 0 Å². The van der Waals surface area contributed by atoms with Gasteiger partial charge in [-0.25, -0.2) is 9.97 Å². The average Bonchev–Trinajstić information content (AvgIpc) is 2.76. The van der Waals surface area contributed by atoms with Crippen molar-refractivity contribution in [2.45, 2.75) is 45.6 Å². The third-order valence-corrected chi connectivity index (χ3v) is 5.56. The highest BCUT2D eigenvalue weighted by molar-refractivity contribution is 5.87. The summed E-state index contributed by atoms with van der Waals surface area (Å²) in [6, 6.07) is 13.1. The zero-order valence-electron chi connectivity index (χ0n) is 18.2. The third kappa shape index (κ3) is 4.66. The number of hydrogen-bond acceptors (Lipinski definition) is 7. The van der Waals surface area contributed by atoms with Gasteiger partial charge in [-0.05, 0) is 41.3 Å². The zero-order valence-corrected chi connectivity index (χ0v) is 18.2. The van der Waals surface area contributed by atoms with E-state index in [-0.39, 0.29) is 11.8 Å². The molecule has 0 bridgehead atoms. The molecule has 4 aromatic rings. The molecule has 0 unspecified atom stereocenters. The molecule has 0 atom stereocenters. The number of aryl methyl sites for hydroxylation is 1. The predicted molar refractivity (Wildman–Crippen MR) is 128 cm³/mol. The van der Waals surface area contributed by atoms with Crippen LogP contribution in [0.15, 0.2) is 42.6 Å². The van der Waals surface area contributed by atoms with Gasteiger partial charge in [0.2, 0.25) is 5.95 Å². The van der Waals surface area contributed by atoms with E-state index in [1.165, 1.54) is 47.7 Å². The number of anilines is 3. The topological polar surface area (TPSA) is 107 Å². The van der Waals surface area contributed by atoms with E-state index in [1.54, 1.807) is 6.20 Å². The standard InChI is InChI=1S/C24H29N7/c1-3-4-5-6-11-18-12-16-9-7-8-10-17(16)13-20(18)31(2)15-19-14-27-23-21(28-19)22(25)29-24(26)30-23/h7-10,12-14H,3-6,11,15H2,1-2H3,(H4,25,26,27,29,30). The quantitative estimate of drug-likeness (QED) is 0.408. The van der Waals surface area contributed by atoms with Crippen LogP contribution in [-0.2, 0) is 13.0 Å². The van der Waals surface area contributed by atoms with E-state index in [0.29, 0.717) is 17.7 Å². The number of aromatic nitrogens is 4. The van der Waals surface area contributed by atoms with Crippen molar-refractivity contribution >= 4 is 39.4 Å². The van der Waals surface area contributed by atoms with Crippen LogP contribution in [-0.4, -0.2) is 27.0 Å². The normalized spacial score (nSPS) is 11.3. The van der Waals surface area contributed by atoms with Crippen molar-refractivity contribution in [3.8, 4) is 0 Å². The molecule has 31 heavy (non-hydrogen) atoms. The molecule has 160 valence electrons. The van der Waals surface area contributed by atoms with Gasteiger partial charge in [0, 0.05) is 12.7 Å². The number of benzene rings is 2. The summed E-state index contributed by atoms with van der Waals surface area (Å²) in [5.41, 5.74) is 15.9. The number of nitrogen functional groups attached to an aromatic ring is 2. The van der Waals surface area contributed by atoms with Crippen LogP contribution in [0.5, 0.6) is 0 Å². The molecule has 0 spiro atoms. The summed E-state index contributed by atoms with van der Waals surface area (Å²) in [6.07, 6.45) is 7.76. The first-order valence-corrected chi connectivity index (χ1v) is 10.8. The number of rotatable bonds is 8. The highest BCUT2D eigenvalue weighted by atomic mass is 15.1. The summed E-state index contributed by atoms with van der Waals surface area (Å²) in [5.74, 6) is 0.356. The first kappa shape index (κ1) is 20.8. The Balaban J connectivity index is 1.64. The van der Waals surface area contributed by atoms with Crippen molar-refractivity contribution < 1.29 is 0 Å². The number of nitrogens with two attached hydrogens (primary N) is 2. The minimum atomic E-state index is 0.105. The van der Waals surface area contributed by atoms with Crippen molar-refractivity contribution in [3.63, 3.8) is 0 Å². The molecule has 0 aliphatic rings. The van der Waals surface area contributed by atoms with Crippen LogP contribution < -0.4 is 16.4 Å². The second kappa shape index (κ2) is 9.12. The third-order valence-electron chi connectivity index (χ3n) is 5.56. The summed E-state index contributed by atoms with van der Waals surface area (Å²) in [4.78, 5) is 19.4. The molecule has 4 N–H and O–H groups in total. The average molecular weight is 416 g/mol. The maximum Gasteiger partial charge on any atom is 0.224 e. The first-order valence-electron chi connectivity index (χ1n) is 10.8. The van der Waals surface area contributed by atoms with Gasteiger partial charge >= 0.3 is 0 Å². The molecule has 7 heteroatoms. The van der Waals surface area contributed by atoms with Gasteiger partial charge in [0.05, 0.1) is 18.4 Å². The summed E-state index contributed by atoms with van der Waals surface area (Å²) >= 11 is 0. The van der Waals surface area contributed by atoms with Gasteiger partial charge in [-0.3, -0.25) is 0 Å². The van der Waals surface area contributed by atoms with E-state index in [2.05, 4.69) is 75.2 Å². The lowest BCUT2D eigenvalue weighted by Gasteiger charge is -2.23. The largest absolute Gasteiger partial charge is 0.382 e. The number of unbranched alkanes of at least 4 members (excludes halogenated alkanes) is 3. The Kier molecular flexibility index (Phi) is 6.11. The molecule has 0 saturated carbocycles. The molecule has 0 fully saturated rings. The van der Waals surface area contributed by atoms with Crippen LogP contribution in [0, 0.1) is 0 Å². The van der Waals surface area contributed by atoms with E-state index < -0.39 is 0 Å². The van der Waals surface area contributed by atoms with Gasteiger partial charge in [-0.15, -0.1) is 0 Å². The molecule has 4 rings (SSSR count). The number of nitrogens with zero attached hydrogens (tertiary/aromatic N) is 5. The Hall–Kier alpha value is -3.48. The van der Waals surface area contributed by atoms with Gasteiger partial charge in [0.15, 0.2) is 17.0 Å². The molecule has 0 aliphatic carbocycles. The fourth-order valence-electron chi connectivity index (χ4n) is 3.96. The van der Waals surface area contributed by atoms with Gasteiger partial charge in [-0.2, -0.15) is 9.97 Å². The van der Waals surface area contributed by atoms with Gasteiger partial charge in [-0.1, -0.05) is 50.5 Å². The Morgan fingerprint density at radius 1 is 0.935 bits per heavy atom. The van der Waals surface area contributed by atoms with Gasteiger partial charge in [0.1, 0.15) is 0 Å². The van der Waals surface area contributed by atoms with Crippen LogP contribution >= 0.6 is 0 Å². The summed E-state index contributed by atoms with van der Waals surface area (Å²) < 4.78 is 0. The van der Waals surface area contributed by atoms with Crippen LogP contribution in [0.3, 0.4) is 0 Å². The molecule has 2 heterocycles. The van der Waals surface area contributed by atoms with Crippen molar-refractivity contribution in [2.75, 3.05) is 23.4 Å². The van der Waals surface area contributed by atoms with Crippen molar-refractivity contribution in [2.24, 2.45) is 0 Å². The Labute approximate surface area is 182 Å². The molecule has 2 aromatic carbocycles. The summed E-state index contributed by atoms with van der Waals surface area (Å²) in [7, 11) is 2.09. The fraction of sp³-hybridized carbons (Fsp3) is 0.333. The molecule has 0 amide bonds. The van der Waals surface area contributed by atoms with Crippen molar-refractivity contribution in [1.29, 1.82) is 0 Å². The monoisotopic (exact) mass is 415 g/mol. The minimum Gasteiger partial charge on any atom is -0.382 e.